The van der Waals surface area contributed by atoms with Gasteiger partial charge in [0.15, 0.2) is 6.61 Å². The molecule has 0 fully saturated rings. The highest BCUT2D eigenvalue weighted by atomic mass is 19.1. The normalized spacial score (nSPS) is 12.9. The highest BCUT2D eigenvalue weighted by molar-refractivity contribution is 6.00. The first-order chi connectivity index (χ1) is 11.5. The van der Waals surface area contributed by atoms with Crippen molar-refractivity contribution < 1.29 is 18.7 Å². The maximum Gasteiger partial charge on any atom is 0.258 e. The molecule has 124 valence electrons. The van der Waals surface area contributed by atoms with Crippen molar-refractivity contribution in [1.82, 2.24) is 5.32 Å². The largest absolute Gasteiger partial charge is 0.484 e. The Bertz CT molecular complexity index is 774. The third kappa shape index (κ3) is 3.53. The lowest BCUT2D eigenvalue weighted by molar-refractivity contribution is -0.123. The first kappa shape index (κ1) is 16.0. The van der Waals surface area contributed by atoms with Crippen LogP contribution < -0.4 is 15.0 Å². The van der Waals surface area contributed by atoms with Crippen LogP contribution in [-0.4, -0.2) is 25.5 Å². The van der Waals surface area contributed by atoms with E-state index in [4.69, 9.17) is 4.74 Å². The van der Waals surface area contributed by atoms with E-state index in [9.17, 15) is 14.0 Å². The Morgan fingerprint density at radius 3 is 2.75 bits per heavy atom. The molecule has 1 heterocycles. The average Bonchev–Trinajstić information content (AvgIpc) is 2.86. The van der Waals surface area contributed by atoms with Crippen LogP contribution in [0.15, 0.2) is 42.5 Å². The summed E-state index contributed by atoms with van der Waals surface area (Å²) in [6.45, 7) is 0.217. The number of ether oxygens (including phenoxy) is 1. The summed E-state index contributed by atoms with van der Waals surface area (Å²) >= 11 is 0. The summed E-state index contributed by atoms with van der Waals surface area (Å²) in [4.78, 5) is 25.1. The summed E-state index contributed by atoms with van der Waals surface area (Å²) in [6.07, 6.45) is 0.390. The van der Waals surface area contributed by atoms with Crippen LogP contribution in [0.25, 0.3) is 0 Å². The SMILES string of the molecule is CN1C(=O)Cc2cc(CNC(=O)COc3ccc(F)cc3)ccc21. The summed E-state index contributed by atoms with van der Waals surface area (Å²) in [7, 11) is 1.75. The van der Waals surface area contributed by atoms with E-state index in [0.717, 1.165) is 16.8 Å². The molecule has 3 rings (SSSR count). The van der Waals surface area contributed by atoms with Gasteiger partial charge < -0.3 is 15.0 Å². The van der Waals surface area contributed by atoms with E-state index in [1.54, 1.807) is 11.9 Å². The predicted octanol–water partition coefficient (Wildman–Crippen LogP) is 2.04. The van der Waals surface area contributed by atoms with E-state index in [1.807, 2.05) is 18.2 Å². The van der Waals surface area contributed by atoms with Crippen molar-refractivity contribution in [3.63, 3.8) is 0 Å². The van der Waals surface area contributed by atoms with Crippen LogP contribution in [0.4, 0.5) is 10.1 Å². The summed E-state index contributed by atoms with van der Waals surface area (Å²) in [6, 6.07) is 11.2. The molecule has 1 aliphatic heterocycles. The van der Waals surface area contributed by atoms with Crippen LogP contribution >= 0.6 is 0 Å². The molecule has 5 nitrogen and oxygen atoms in total. The zero-order valence-electron chi connectivity index (χ0n) is 13.2. The number of benzene rings is 2. The van der Waals surface area contributed by atoms with Crippen molar-refractivity contribution in [2.24, 2.45) is 0 Å². The monoisotopic (exact) mass is 328 g/mol. The number of halogens is 1. The van der Waals surface area contributed by atoms with Gasteiger partial charge in [0.05, 0.1) is 6.42 Å². The van der Waals surface area contributed by atoms with E-state index < -0.39 is 0 Å². The van der Waals surface area contributed by atoms with Gasteiger partial charge in [-0.2, -0.15) is 0 Å². The molecule has 0 saturated heterocycles. The molecule has 2 amide bonds. The summed E-state index contributed by atoms with van der Waals surface area (Å²) < 4.78 is 18.1. The van der Waals surface area contributed by atoms with Crippen molar-refractivity contribution in [1.29, 1.82) is 0 Å². The van der Waals surface area contributed by atoms with Gasteiger partial charge in [-0.3, -0.25) is 9.59 Å². The first-order valence-electron chi connectivity index (χ1n) is 7.56. The molecule has 0 bridgehead atoms. The van der Waals surface area contributed by atoms with Crippen molar-refractivity contribution in [2.75, 3.05) is 18.6 Å². The molecular formula is C18H17FN2O3. The van der Waals surface area contributed by atoms with E-state index in [1.165, 1.54) is 24.3 Å². The Hall–Kier alpha value is -2.89. The number of fused-ring (bicyclic) bond motifs is 1. The fourth-order valence-electron chi connectivity index (χ4n) is 2.56. The summed E-state index contributed by atoms with van der Waals surface area (Å²) in [5.74, 6) is -0.120. The van der Waals surface area contributed by atoms with Gasteiger partial charge in [-0.05, 0) is 41.5 Å². The van der Waals surface area contributed by atoms with Gasteiger partial charge >= 0.3 is 0 Å². The van der Waals surface area contributed by atoms with Crippen LogP contribution in [0.2, 0.25) is 0 Å². The smallest absolute Gasteiger partial charge is 0.258 e. The van der Waals surface area contributed by atoms with Gasteiger partial charge in [0, 0.05) is 19.3 Å². The molecule has 0 atom stereocenters. The Kier molecular flexibility index (Phi) is 4.46. The molecule has 0 radical (unpaired) electrons. The topological polar surface area (TPSA) is 58.6 Å². The molecule has 6 heteroatoms. The van der Waals surface area contributed by atoms with Crippen LogP contribution in [-0.2, 0) is 22.6 Å². The van der Waals surface area contributed by atoms with E-state index in [-0.39, 0.29) is 24.2 Å². The van der Waals surface area contributed by atoms with Gasteiger partial charge in [0.1, 0.15) is 11.6 Å². The van der Waals surface area contributed by atoms with Crippen molar-refractivity contribution >= 4 is 17.5 Å². The van der Waals surface area contributed by atoms with Crippen molar-refractivity contribution in [2.45, 2.75) is 13.0 Å². The van der Waals surface area contributed by atoms with Crippen molar-refractivity contribution in [3.05, 3.63) is 59.4 Å². The summed E-state index contributed by atoms with van der Waals surface area (Å²) in [5, 5.41) is 2.76. The van der Waals surface area contributed by atoms with E-state index >= 15 is 0 Å². The molecule has 0 unspecified atom stereocenters. The lowest BCUT2D eigenvalue weighted by Crippen LogP contribution is -2.28. The number of amides is 2. The number of nitrogens with one attached hydrogen (secondary N) is 1. The summed E-state index contributed by atoms with van der Waals surface area (Å²) in [5.41, 5.74) is 2.80. The number of hydrogen-bond donors (Lipinski definition) is 1. The fraction of sp³-hybridized carbons (Fsp3) is 0.222. The highest BCUT2D eigenvalue weighted by Gasteiger charge is 2.23. The van der Waals surface area contributed by atoms with Crippen LogP contribution in [0, 0.1) is 5.82 Å². The zero-order chi connectivity index (χ0) is 17.1. The van der Waals surface area contributed by atoms with E-state index in [2.05, 4.69) is 5.32 Å². The Morgan fingerprint density at radius 1 is 1.25 bits per heavy atom. The number of carbonyl (C=O) groups is 2. The Balaban J connectivity index is 1.51. The quantitative estimate of drug-likeness (QED) is 0.914. The maximum atomic E-state index is 12.8. The molecule has 1 aliphatic rings. The lowest BCUT2D eigenvalue weighted by atomic mass is 10.1. The number of hydrogen-bond acceptors (Lipinski definition) is 3. The molecule has 2 aromatic rings. The first-order valence-corrected chi connectivity index (χ1v) is 7.56. The van der Waals surface area contributed by atoms with Gasteiger partial charge in [-0.25, -0.2) is 4.39 Å². The standard InChI is InChI=1S/C18H17FN2O3/c1-21-16-7-2-12(8-13(16)9-18(21)23)10-20-17(22)11-24-15-5-3-14(19)4-6-15/h2-8H,9-11H2,1H3,(H,20,22). The molecule has 24 heavy (non-hydrogen) atoms. The average molecular weight is 328 g/mol. The third-order valence-corrected chi connectivity index (χ3v) is 3.89. The molecule has 0 saturated carbocycles. The van der Waals surface area contributed by atoms with Gasteiger partial charge in [0.25, 0.3) is 5.91 Å². The van der Waals surface area contributed by atoms with Gasteiger partial charge in [0.2, 0.25) is 5.91 Å². The minimum Gasteiger partial charge on any atom is -0.484 e. The second-order valence-corrected chi connectivity index (χ2v) is 5.61. The molecule has 1 N–H and O–H groups in total. The Labute approximate surface area is 139 Å². The van der Waals surface area contributed by atoms with Crippen LogP contribution in [0.3, 0.4) is 0 Å². The lowest BCUT2D eigenvalue weighted by Gasteiger charge is -2.11. The van der Waals surface area contributed by atoms with Crippen LogP contribution in [0.5, 0.6) is 5.75 Å². The number of nitrogens with zero attached hydrogens (tertiary/aromatic N) is 1. The zero-order valence-corrected chi connectivity index (χ0v) is 13.2. The van der Waals surface area contributed by atoms with E-state index in [0.29, 0.717) is 18.7 Å². The number of likely N-dealkylation sites (N-methyl/N-ethyl adjacent to an activating group) is 1. The second-order valence-electron chi connectivity index (χ2n) is 5.61. The maximum absolute atomic E-state index is 12.8. The molecule has 2 aromatic carbocycles. The predicted molar refractivity (Wildman–Crippen MR) is 87.3 cm³/mol. The number of rotatable bonds is 5. The third-order valence-electron chi connectivity index (χ3n) is 3.89. The molecular weight excluding hydrogens is 311 g/mol. The van der Waals surface area contributed by atoms with Gasteiger partial charge in [-0.1, -0.05) is 12.1 Å². The van der Waals surface area contributed by atoms with Crippen molar-refractivity contribution in [3.8, 4) is 5.75 Å². The van der Waals surface area contributed by atoms with Gasteiger partial charge in [-0.15, -0.1) is 0 Å². The number of carbonyl (C=O) groups excluding carboxylic acids is 2. The molecule has 0 aliphatic carbocycles. The highest BCUT2D eigenvalue weighted by Crippen LogP contribution is 2.28. The minimum absolute atomic E-state index is 0.0684. The van der Waals surface area contributed by atoms with Crippen LogP contribution in [0.1, 0.15) is 11.1 Å². The minimum atomic E-state index is -0.354. The fourth-order valence-corrected chi connectivity index (χ4v) is 2.56. The molecule has 0 aromatic heterocycles. The second kappa shape index (κ2) is 6.70. The Morgan fingerprint density at radius 2 is 2.00 bits per heavy atom. The number of anilines is 1. The molecule has 0 spiro atoms.